The van der Waals surface area contributed by atoms with Gasteiger partial charge in [0.05, 0.1) is 22.8 Å². The van der Waals surface area contributed by atoms with Gasteiger partial charge in [-0.1, -0.05) is 11.6 Å². The fraction of sp³-hybridized carbons (Fsp3) is 0.364. The zero-order valence-corrected chi connectivity index (χ0v) is 10.2. The van der Waals surface area contributed by atoms with E-state index in [1.165, 1.54) is 6.92 Å². The molecule has 1 rings (SSSR count). The molecule has 100 valence electrons. The summed E-state index contributed by atoms with van der Waals surface area (Å²) in [5.41, 5.74) is -2.18. The number of rotatable bonds is 2. The molecule has 0 aliphatic rings. The summed E-state index contributed by atoms with van der Waals surface area (Å²) in [5, 5.41) is -0.702. The molecule has 0 aromatic heterocycles. The molecule has 7 heteroatoms. The number of ether oxygens (including phenoxy) is 1. The van der Waals surface area contributed by atoms with Gasteiger partial charge in [-0.2, -0.15) is 13.2 Å². The average Bonchev–Trinajstić information content (AvgIpc) is 2.22. The Kier molecular flexibility index (Phi) is 4.21. The Morgan fingerprint density at radius 2 is 2.00 bits per heavy atom. The summed E-state index contributed by atoms with van der Waals surface area (Å²) < 4.78 is 55.7. The molecule has 0 radical (unpaired) electrons. The van der Waals surface area contributed by atoms with Crippen molar-refractivity contribution in [2.45, 2.75) is 20.0 Å². The molecule has 0 aliphatic carbocycles. The van der Waals surface area contributed by atoms with Crippen molar-refractivity contribution in [3.63, 3.8) is 0 Å². The van der Waals surface area contributed by atoms with Gasteiger partial charge in [0.25, 0.3) is 0 Å². The molecule has 0 amide bonds. The Bertz CT molecular complexity index is 483. The smallest absolute Gasteiger partial charge is 0.417 e. The lowest BCUT2D eigenvalue weighted by Crippen LogP contribution is -2.14. The highest BCUT2D eigenvalue weighted by Crippen LogP contribution is 2.38. The molecule has 0 saturated heterocycles. The summed E-state index contributed by atoms with van der Waals surface area (Å²) in [4.78, 5) is 11.4. The van der Waals surface area contributed by atoms with Crippen LogP contribution in [0.5, 0.6) is 0 Å². The maximum Gasteiger partial charge on any atom is 0.417 e. The molecule has 0 saturated carbocycles. The number of hydrogen-bond acceptors (Lipinski definition) is 2. The van der Waals surface area contributed by atoms with Gasteiger partial charge in [0.15, 0.2) is 0 Å². The van der Waals surface area contributed by atoms with Crippen LogP contribution in [0.2, 0.25) is 5.02 Å². The van der Waals surface area contributed by atoms with Crippen molar-refractivity contribution < 1.29 is 27.1 Å². The zero-order chi connectivity index (χ0) is 14.1. The largest absolute Gasteiger partial charge is 0.462 e. The summed E-state index contributed by atoms with van der Waals surface area (Å²) in [6.45, 7) is 2.61. The van der Waals surface area contributed by atoms with Gasteiger partial charge in [0.2, 0.25) is 0 Å². The maximum atomic E-state index is 13.5. The van der Waals surface area contributed by atoms with E-state index in [0.717, 1.165) is 6.92 Å². The number of halogens is 5. The molecule has 0 heterocycles. The van der Waals surface area contributed by atoms with Crippen LogP contribution in [-0.2, 0) is 10.9 Å². The third kappa shape index (κ3) is 2.75. The van der Waals surface area contributed by atoms with Crippen LogP contribution in [0.4, 0.5) is 17.6 Å². The molecule has 0 bridgehead atoms. The van der Waals surface area contributed by atoms with Crippen LogP contribution in [0, 0.1) is 12.7 Å². The Labute approximate surface area is 105 Å². The minimum Gasteiger partial charge on any atom is -0.462 e. The van der Waals surface area contributed by atoms with Crippen LogP contribution < -0.4 is 0 Å². The fourth-order valence-corrected chi connectivity index (χ4v) is 1.67. The number of esters is 1. The van der Waals surface area contributed by atoms with Crippen LogP contribution in [-0.4, -0.2) is 12.6 Å². The molecule has 0 atom stereocenters. The second-order valence-corrected chi connectivity index (χ2v) is 3.82. The van der Waals surface area contributed by atoms with Gasteiger partial charge in [0, 0.05) is 0 Å². The van der Waals surface area contributed by atoms with Crippen LogP contribution >= 0.6 is 11.6 Å². The van der Waals surface area contributed by atoms with Crippen molar-refractivity contribution in [2.75, 3.05) is 6.61 Å². The number of carbonyl (C=O) groups is 1. The van der Waals surface area contributed by atoms with Crippen molar-refractivity contribution in [1.82, 2.24) is 0 Å². The quantitative estimate of drug-likeness (QED) is 0.606. The van der Waals surface area contributed by atoms with E-state index in [0.29, 0.717) is 0 Å². The number of benzene rings is 1. The first-order valence-electron chi connectivity index (χ1n) is 4.93. The Morgan fingerprint density at radius 1 is 1.44 bits per heavy atom. The highest BCUT2D eigenvalue weighted by molar-refractivity contribution is 6.32. The first-order valence-corrected chi connectivity index (χ1v) is 5.30. The van der Waals surface area contributed by atoms with E-state index in [2.05, 4.69) is 4.74 Å². The first kappa shape index (κ1) is 14.8. The monoisotopic (exact) mass is 284 g/mol. The van der Waals surface area contributed by atoms with Gasteiger partial charge in [-0.15, -0.1) is 0 Å². The van der Waals surface area contributed by atoms with E-state index in [1.807, 2.05) is 0 Å². The van der Waals surface area contributed by atoms with E-state index in [-0.39, 0.29) is 18.2 Å². The molecule has 1 aromatic rings. The number of hydrogen-bond donors (Lipinski definition) is 0. The fourth-order valence-electron chi connectivity index (χ4n) is 1.41. The molecular formula is C11H9ClF4O2. The summed E-state index contributed by atoms with van der Waals surface area (Å²) in [6.07, 6.45) is -4.78. The predicted octanol–water partition coefficient (Wildman–Crippen LogP) is 3.98. The van der Waals surface area contributed by atoms with Crippen LogP contribution in [0.25, 0.3) is 0 Å². The highest BCUT2D eigenvalue weighted by atomic mass is 35.5. The normalized spacial score (nSPS) is 11.5. The third-order valence-corrected chi connectivity index (χ3v) is 2.72. The molecule has 0 spiro atoms. The first-order chi connectivity index (χ1) is 8.20. The molecule has 1 aromatic carbocycles. The van der Waals surface area contributed by atoms with Gasteiger partial charge in [0.1, 0.15) is 5.82 Å². The molecule has 2 nitrogen and oxygen atoms in total. The van der Waals surface area contributed by atoms with Gasteiger partial charge < -0.3 is 4.74 Å². The van der Waals surface area contributed by atoms with Crippen molar-refractivity contribution >= 4 is 17.6 Å². The predicted molar refractivity (Wildman–Crippen MR) is 57.1 cm³/mol. The molecule has 0 fully saturated rings. The van der Waals surface area contributed by atoms with Crippen molar-refractivity contribution in [3.8, 4) is 0 Å². The lowest BCUT2D eigenvalue weighted by Gasteiger charge is -2.14. The second-order valence-electron chi connectivity index (χ2n) is 3.44. The van der Waals surface area contributed by atoms with Crippen LogP contribution in [0.1, 0.15) is 28.4 Å². The minimum absolute atomic E-state index is 0.0175. The van der Waals surface area contributed by atoms with Crippen molar-refractivity contribution in [3.05, 3.63) is 33.6 Å². The van der Waals surface area contributed by atoms with Gasteiger partial charge >= 0.3 is 12.1 Å². The molecular weight excluding hydrogens is 276 g/mol. The topological polar surface area (TPSA) is 26.3 Å². The van der Waals surface area contributed by atoms with E-state index in [4.69, 9.17) is 11.6 Å². The molecule has 0 N–H and O–H groups in total. The van der Waals surface area contributed by atoms with Crippen molar-refractivity contribution in [2.24, 2.45) is 0 Å². The summed E-state index contributed by atoms with van der Waals surface area (Å²) in [6, 6.07) is 0.196. The van der Waals surface area contributed by atoms with Crippen LogP contribution in [0.3, 0.4) is 0 Å². The summed E-state index contributed by atoms with van der Waals surface area (Å²) in [5.74, 6) is -2.34. The Morgan fingerprint density at radius 3 is 2.44 bits per heavy atom. The molecule has 18 heavy (non-hydrogen) atoms. The van der Waals surface area contributed by atoms with E-state index >= 15 is 0 Å². The van der Waals surface area contributed by atoms with E-state index < -0.39 is 34.1 Å². The minimum atomic E-state index is -4.78. The van der Waals surface area contributed by atoms with Gasteiger partial charge in [-0.3, -0.25) is 0 Å². The number of alkyl halides is 3. The van der Waals surface area contributed by atoms with Gasteiger partial charge in [-0.25, -0.2) is 9.18 Å². The molecule has 0 unspecified atom stereocenters. The zero-order valence-electron chi connectivity index (χ0n) is 9.49. The van der Waals surface area contributed by atoms with E-state index in [9.17, 15) is 22.4 Å². The van der Waals surface area contributed by atoms with Crippen LogP contribution in [0.15, 0.2) is 6.07 Å². The molecule has 0 aliphatic heterocycles. The van der Waals surface area contributed by atoms with Gasteiger partial charge in [-0.05, 0) is 25.5 Å². The lowest BCUT2D eigenvalue weighted by atomic mass is 10.0. The standard InChI is InChI=1S/C11H9ClF4O2/c1-3-18-10(17)8-5(2)9(12)6(4-7(8)13)11(14,15)16/h4H,3H2,1-2H3. The maximum absolute atomic E-state index is 13.5. The van der Waals surface area contributed by atoms with E-state index in [1.54, 1.807) is 0 Å². The Balaban J connectivity index is 3.43. The SMILES string of the molecule is CCOC(=O)c1c(F)cc(C(F)(F)F)c(Cl)c1C. The summed E-state index contributed by atoms with van der Waals surface area (Å²) in [7, 11) is 0. The lowest BCUT2D eigenvalue weighted by molar-refractivity contribution is -0.137. The van der Waals surface area contributed by atoms with Crippen molar-refractivity contribution in [1.29, 1.82) is 0 Å². The average molecular weight is 285 g/mol. The summed E-state index contributed by atoms with van der Waals surface area (Å²) >= 11 is 5.50. The highest BCUT2D eigenvalue weighted by Gasteiger charge is 2.36. The number of carbonyl (C=O) groups excluding carboxylic acids is 1. The third-order valence-electron chi connectivity index (χ3n) is 2.24. The Hall–Kier alpha value is -1.30. The second kappa shape index (κ2) is 5.14.